The van der Waals surface area contributed by atoms with Crippen LogP contribution < -0.4 is 10.1 Å². The number of nitrogens with one attached hydrogen (secondary N) is 2. The summed E-state index contributed by atoms with van der Waals surface area (Å²) in [6, 6.07) is 7.97. The van der Waals surface area contributed by atoms with Crippen molar-refractivity contribution in [1.29, 1.82) is 0 Å². The number of H-pyrrole nitrogens is 1. The van der Waals surface area contributed by atoms with Crippen molar-refractivity contribution in [3.8, 4) is 5.75 Å². The van der Waals surface area contributed by atoms with Gasteiger partial charge in [0, 0.05) is 11.9 Å². The van der Waals surface area contributed by atoms with Crippen molar-refractivity contribution in [2.45, 2.75) is 6.36 Å². The van der Waals surface area contributed by atoms with Crippen LogP contribution in [0, 0.1) is 4.64 Å². The van der Waals surface area contributed by atoms with Gasteiger partial charge in [0.25, 0.3) is 5.91 Å². The molecule has 1 heterocycles. The van der Waals surface area contributed by atoms with Crippen molar-refractivity contribution in [2.24, 2.45) is 0 Å². The first-order chi connectivity index (χ1) is 9.85. The summed E-state index contributed by atoms with van der Waals surface area (Å²) in [5, 5.41) is 2.53. The lowest BCUT2D eigenvalue weighted by molar-refractivity contribution is -0.274. The van der Waals surface area contributed by atoms with Gasteiger partial charge < -0.3 is 15.0 Å². The van der Waals surface area contributed by atoms with E-state index in [4.69, 9.17) is 12.2 Å². The number of aromatic nitrogens is 1. The molecule has 1 aromatic heterocycles. The molecular weight excluding hydrogens is 305 g/mol. The summed E-state index contributed by atoms with van der Waals surface area (Å²) < 4.78 is 40.0. The molecule has 0 atom stereocenters. The summed E-state index contributed by atoms with van der Waals surface area (Å²) in [7, 11) is 0. The summed E-state index contributed by atoms with van der Waals surface area (Å²) in [5.74, 6) is -0.821. The molecule has 0 aliphatic rings. The Bertz CT molecular complexity index is 696. The molecular formula is C13H9F3N2O2S. The van der Waals surface area contributed by atoms with Crippen LogP contribution in [0.1, 0.15) is 10.4 Å². The van der Waals surface area contributed by atoms with E-state index in [9.17, 15) is 18.0 Å². The number of benzene rings is 1. The Morgan fingerprint density at radius 3 is 2.43 bits per heavy atom. The first-order valence-electron chi connectivity index (χ1n) is 5.70. The number of carbonyl (C=O) groups is 1. The maximum absolute atomic E-state index is 12.0. The smallest absolute Gasteiger partial charge is 0.406 e. The normalized spacial score (nSPS) is 11.0. The summed E-state index contributed by atoms with van der Waals surface area (Å²) in [6.45, 7) is 0. The highest BCUT2D eigenvalue weighted by Crippen LogP contribution is 2.24. The Kier molecular flexibility index (Phi) is 4.27. The molecule has 8 heteroatoms. The van der Waals surface area contributed by atoms with Crippen molar-refractivity contribution in [3.63, 3.8) is 0 Å². The SMILES string of the molecule is O=C(Nc1ccc(OC(F)(F)F)cc1)c1ccc[nH]c1=S. The highest BCUT2D eigenvalue weighted by atomic mass is 32.1. The number of ether oxygens (including phenoxy) is 1. The van der Waals surface area contributed by atoms with Gasteiger partial charge in [0.15, 0.2) is 0 Å². The number of aromatic amines is 1. The van der Waals surface area contributed by atoms with Gasteiger partial charge in [0.1, 0.15) is 10.4 Å². The van der Waals surface area contributed by atoms with E-state index >= 15 is 0 Å². The van der Waals surface area contributed by atoms with E-state index in [2.05, 4.69) is 15.0 Å². The van der Waals surface area contributed by atoms with Crippen LogP contribution in [-0.2, 0) is 0 Å². The molecule has 21 heavy (non-hydrogen) atoms. The number of carbonyl (C=O) groups excluding carboxylic acids is 1. The van der Waals surface area contributed by atoms with Gasteiger partial charge in [0.2, 0.25) is 0 Å². The third-order valence-corrected chi connectivity index (χ3v) is 2.75. The fourth-order valence-corrected chi connectivity index (χ4v) is 1.77. The third kappa shape index (κ3) is 4.32. The lowest BCUT2D eigenvalue weighted by Crippen LogP contribution is -2.17. The Hall–Kier alpha value is -2.35. The summed E-state index contributed by atoms with van der Waals surface area (Å²) in [6.07, 6.45) is -3.16. The molecule has 1 aromatic carbocycles. The van der Waals surface area contributed by atoms with E-state index in [0.29, 0.717) is 5.69 Å². The highest BCUT2D eigenvalue weighted by molar-refractivity contribution is 7.71. The van der Waals surface area contributed by atoms with Gasteiger partial charge in [-0.25, -0.2) is 0 Å². The van der Waals surface area contributed by atoms with Gasteiger partial charge in [-0.15, -0.1) is 13.2 Å². The van der Waals surface area contributed by atoms with Crippen molar-refractivity contribution in [1.82, 2.24) is 4.98 Å². The number of anilines is 1. The second-order valence-electron chi connectivity index (χ2n) is 3.94. The van der Waals surface area contributed by atoms with Gasteiger partial charge in [-0.3, -0.25) is 4.79 Å². The summed E-state index contributed by atoms with van der Waals surface area (Å²) in [5.41, 5.74) is 0.593. The molecule has 0 radical (unpaired) electrons. The van der Waals surface area contributed by atoms with Gasteiger partial charge in [0.05, 0.1) is 5.56 Å². The second kappa shape index (κ2) is 5.96. The standard InChI is InChI=1S/C13H9F3N2O2S/c14-13(15,16)20-9-5-3-8(4-6-9)18-11(19)10-2-1-7-17-12(10)21/h1-7H,(H,17,21)(H,18,19). The van der Waals surface area contributed by atoms with Crippen LogP contribution >= 0.6 is 12.2 Å². The van der Waals surface area contributed by atoms with Gasteiger partial charge in [-0.05, 0) is 36.4 Å². The number of hydrogen-bond donors (Lipinski definition) is 2. The van der Waals surface area contributed by atoms with E-state index in [1.54, 1.807) is 12.3 Å². The lowest BCUT2D eigenvalue weighted by atomic mass is 10.2. The lowest BCUT2D eigenvalue weighted by Gasteiger charge is -2.10. The predicted molar refractivity (Wildman–Crippen MR) is 72.7 cm³/mol. The van der Waals surface area contributed by atoms with Crippen LogP contribution in [0.2, 0.25) is 0 Å². The maximum atomic E-state index is 12.0. The van der Waals surface area contributed by atoms with E-state index in [1.807, 2.05) is 0 Å². The quantitative estimate of drug-likeness (QED) is 0.845. The molecule has 0 fully saturated rings. The molecule has 0 unspecified atom stereocenters. The minimum atomic E-state index is -4.75. The van der Waals surface area contributed by atoms with Gasteiger partial charge in [-0.1, -0.05) is 12.2 Å². The fraction of sp³-hybridized carbons (Fsp3) is 0.0769. The predicted octanol–water partition coefficient (Wildman–Crippen LogP) is 3.90. The number of amides is 1. The second-order valence-corrected chi connectivity index (χ2v) is 4.35. The highest BCUT2D eigenvalue weighted by Gasteiger charge is 2.30. The topological polar surface area (TPSA) is 54.1 Å². The zero-order valence-electron chi connectivity index (χ0n) is 10.4. The van der Waals surface area contributed by atoms with E-state index in [1.165, 1.54) is 18.2 Å². The minimum absolute atomic E-state index is 0.267. The largest absolute Gasteiger partial charge is 0.573 e. The fourth-order valence-electron chi connectivity index (χ4n) is 1.54. The summed E-state index contributed by atoms with van der Waals surface area (Å²) >= 11 is 4.96. The number of rotatable bonds is 3. The van der Waals surface area contributed by atoms with Crippen LogP contribution in [0.15, 0.2) is 42.6 Å². The monoisotopic (exact) mass is 314 g/mol. The number of alkyl halides is 3. The molecule has 110 valence electrons. The Morgan fingerprint density at radius 1 is 1.19 bits per heavy atom. The number of halogens is 3. The third-order valence-electron chi connectivity index (χ3n) is 2.41. The van der Waals surface area contributed by atoms with Crippen molar-refractivity contribution in [2.75, 3.05) is 5.32 Å². The van der Waals surface area contributed by atoms with Crippen LogP contribution in [0.3, 0.4) is 0 Å². The molecule has 0 bridgehead atoms. The molecule has 0 saturated carbocycles. The molecule has 0 spiro atoms. The van der Waals surface area contributed by atoms with Gasteiger partial charge in [-0.2, -0.15) is 0 Å². The number of pyridine rings is 1. The molecule has 2 N–H and O–H groups in total. The van der Waals surface area contributed by atoms with Crippen molar-refractivity contribution >= 4 is 23.8 Å². The van der Waals surface area contributed by atoms with E-state index in [0.717, 1.165) is 12.1 Å². The molecule has 1 amide bonds. The Labute approximate surface area is 122 Å². The van der Waals surface area contributed by atoms with Gasteiger partial charge >= 0.3 is 6.36 Å². The first kappa shape index (κ1) is 15.0. The minimum Gasteiger partial charge on any atom is -0.406 e. The van der Waals surface area contributed by atoms with Crippen LogP contribution in [0.25, 0.3) is 0 Å². The Balaban J connectivity index is 2.09. The molecule has 2 aromatic rings. The molecule has 0 saturated heterocycles. The Morgan fingerprint density at radius 2 is 1.86 bits per heavy atom. The summed E-state index contributed by atoms with van der Waals surface area (Å²) in [4.78, 5) is 14.7. The van der Waals surface area contributed by atoms with E-state index < -0.39 is 12.3 Å². The average molecular weight is 314 g/mol. The molecule has 4 nitrogen and oxygen atoms in total. The average Bonchev–Trinajstić information content (AvgIpc) is 2.40. The number of hydrogen-bond acceptors (Lipinski definition) is 3. The molecule has 0 aliphatic heterocycles. The maximum Gasteiger partial charge on any atom is 0.573 e. The first-order valence-corrected chi connectivity index (χ1v) is 6.11. The van der Waals surface area contributed by atoms with Crippen LogP contribution in [0.4, 0.5) is 18.9 Å². The zero-order valence-corrected chi connectivity index (χ0v) is 11.2. The molecule has 2 rings (SSSR count). The van der Waals surface area contributed by atoms with Crippen molar-refractivity contribution in [3.05, 3.63) is 52.8 Å². The molecule has 0 aliphatic carbocycles. The van der Waals surface area contributed by atoms with Crippen LogP contribution in [0.5, 0.6) is 5.75 Å². The van der Waals surface area contributed by atoms with E-state index in [-0.39, 0.29) is 16.0 Å². The van der Waals surface area contributed by atoms with Crippen LogP contribution in [-0.4, -0.2) is 17.3 Å². The van der Waals surface area contributed by atoms with Crippen molar-refractivity contribution < 1.29 is 22.7 Å². The zero-order chi connectivity index (χ0) is 15.5.